The third kappa shape index (κ3) is 4.73. The minimum Gasteiger partial charge on any atom is -0.368 e. The fourth-order valence-corrected chi connectivity index (χ4v) is 4.56. The molecule has 9 heteroatoms. The number of carbonyl (C=O) groups is 2. The van der Waals surface area contributed by atoms with Gasteiger partial charge in [-0.1, -0.05) is 35.2 Å². The highest BCUT2D eigenvalue weighted by Gasteiger charge is 2.30. The van der Waals surface area contributed by atoms with E-state index in [1.807, 2.05) is 31.2 Å². The molecule has 0 radical (unpaired) electrons. The summed E-state index contributed by atoms with van der Waals surface area (Å²) in [6.07, 6.45) is 2.48. The molecule has 26 heavy (non-hydrogen) atoms. The molecular weight excluding hydrogens is 370 g/mol. The molecule has 0 bridgehead atoms. The van der Waals surface area contributed by atoms with Crippen molar-refractivity contribution in [3.8, 4) is 0 Å². The number of piperidine rings is 1. The number of nitrogens with one attached hydrogen (secondary N) is 1. The average molecular weight is 392 g/mol. The second kappa shape index (κ2) is 8.50. The Morgan fingerprint density at radius 3 is 3.00 bits per heavy atom. The van der Waals surface area contributed by atoms with E-state index < -0.39 is 11.9 Å². The summed E-state index contributed by atoms with van der Waals surface area (Å²) in [7, 11) is 0. The van der Waals surface area contributed by atoms with Crippen molar-refractivity contribution in [2.75, 3.05) is 17.6 Å². The average Bonchev–Trinajstić information content (AvgIpc) is 3.07. The van der Waals surface area contributed by atoms with Crippen LogP contribution in [0.2, 0.25) is 0 Å². The van der Waals surface area contributed by atoms with Crippen LogP contribution in [-0.2, 0) is 9.59 Å². The zero-order valence-electron chi connectivity index (χ0n) is 14.5. The number of nitrogens with zero attached hydrogens (tertiary/aromatic N) is 3. The number of nitrogens with two attached hydrogens (primary N) is 1. The van der Waals surface area contributed by atoms with Gasteiger partial charge in [0.25, 0.3) is 0 Å². The summed E-state index contributed by atoms with van der Waals surface area (Å²) in [5, 5.41) is 12.1. The van der Waals surface area contributed by atoms with Gasteiger partial charge in [-0.25, -0.2) is 0 Å². The number of hydrogen-bond donors (Lipinski definition) is 2. The summed E-state index contributed by atoms with van der Waals surface area (Å²) < 4.78 is 0.709. The molecule has 0 saturated carbocycles. The zero-order valence-corrected chi connectivity index (χ0v) is 16.1. The summed E-state index contributed by atoms with van der Waals surface area (Å²) in [5.74, 6) is -0.284. The molecule has 2 amide bonds. The molecular formula is C17H21N5O2S2. The van der Waals surface area contributed by atoms with Gasteiger partial charge in [-0.15, -0.1) is 10.2 Å². The van der Waals surface area contributed by atoms with Crippen molar-refractivity contribution >= 4 is 45.7 Å². The summed E-state index contributed by atoms with van der Waals surface area (Å²) in [5.41, 5.74) is 7.53. The standard InChI is InChI=1S/C17H21N5O2S2/c1-11-5-4-6-12(9-11)19-16-20-21-17(26-16)25-10-14(23)22-8-3-2-7-13(22)15(18)24/h4-6,9,13H,2-3,7-8,10H2,1H3,(H2,18,24)(H,19,20)/t13-/m1/s1. The normalized spacial score (nSPS) is 17.1. The maximum atomic E-state index is 12.5. The Balaban J connectivity index is 1.55. The highest BCUT2D eigenvalue weighted by atomic mass is 32.2. The molecule has 2 aromatic rings. The number of benzene rings is 1. The van der Waals surface area contributed by atoms with Gasteiger partial charge in [-0.3, -0.25) is 9.59 Å². The molecule has 1 saturated heterocycles. The maximum Gasteiger partial charge on any atom is 0.240 e. The lowest BCUT2D eigenvalue weighted by Crippen LogP contribution is -2.51. The lowest BCUT2D eigenvalue weighted by Gasteiger charge is -2.33. The molecule has 1 aliphatic heterocycles. The summed E-state index contributed by atoms with van der Waals surface area (Å²) in [6, 6.07) is 7.51. The number of hydrogen-bond acceptors (Lipinski definition) is 7. The van der Waals surface area contributed by atoms with Crippen LogP contribution in [0.1, 0.15) is 24.8 Å². The van der Waals surface area contributed by atoms with E-state index in [9.17, 15) is 9.59 Å². The number of primary amides is 1. The van der Waals surface area contributed by atoms with Crippen molar-refractivity contribution in [3.05, 3.63) is 29.8 Å². The molecule has 1 aliphatic rings. The van der Waals surface area contributed by atoms with Gasteiger partial charge in [0.05, 0.1) is 5.75 Å². The van der Waals surface area contributed by atoms with Gasteiger partial charge in [0.1, 0.15) is 6.04 Å². The molecule has 1 aromatic heterocycles. The van der Waals surface area contributed by atoms with Crippen molar-refractivity contribution in [2.24, 2.45) is 5.73 Å². The molecule has 7 nitrogen and oxygen atoms in total. The van der Waals surface area contributed by atoms with Crippen LogP contribution in [0.5, 0.6) is 0 Å². The maximum absolute atomic E-state index is 12.5. The lowest BCUT2D eigenvalue weighted by atomic mass is 10.0. The second-order valence-corrected chi connectivity index (χ2v) is 8.36. The first-order chi connectivity index (χ1) is 12.5. The monoisotopic (exact) mass is 391 g/mol. The van der Waals surface area contributed by atoms with Crippen LogP contribution in [0.15, 0.2) is 28.6 Å². The quantitative estimate of drug-likeness (QED) is 0.734. The number of aryl methyl sites for hydroxylation is 1. The van der Waals surface area contributed by atoms with Crippen molar-refractivity contribution in [1.29, 1.82) is 0 Å². The van der Waals surface area contributed by atoms with Crippen LogP contribution >= 0.6 is 23.1 Å². The summed E-state index contributed by atoms with van der Waals surface area (Å²) in [4.78, 5) is 25.6. The number of rotatable bonds is 6. The van der Waals surface area contributed by atoms with Crippen molar-refractivity contribution in [3.63, 3.8) is 0 Å². The van der Waals surface area contributed by atoms with Crippen LogP contribution in [0.4, 0.5) is 10.8 Å². The predicted molar refractivity (Wildman–Crippen MR) is 104 cm³/mol. The second-order valence-electron chi connectivity index (χ2n) is 6.16. The van der Waals surface area contributed by atoms with E-state index in [2.05, 4.69) is 15.5 Å². The molecule has 3 N–H and O–H groups in total. The Hall–Kier alpha value is -2.13. The van der Waals surface area contributed by atoms with E-state index in [4.69, 9.17) is 5.73 Å². The number of carbonyl (C=O) groups excluding carboxylic acids is 2. The molecule has 3 rings (SSSR count). The van der Waals surface area contributed by atoms with Crippen LogP contribution < -0.4 is 11.1 Å². The minimum atomic E-state index is -0.482. The van der Waals surface area contributed by atoms with Crippen molar-refractivity contribution in [2.45, 2.75) is 36.6 Å². The number of likely N-dealkylation sites (tertiary alicyclic amines) is 1. The third-order valence-corrected chi connectivity index (χ3v) is 6.10. The van der Waals surface area contributed by atoms with E-state index in [-0.39, 0.29) is 11.7 Å². The number of aromatic nitrogens is 2. The van der Waals surface area contributed by atoms with E-state index in [1.54, 1.807) is 4.90 Å². The molecule has 0 aliphatic carbocycles. The van der Waals surface area contributed by atoms with E-state index >= 15 is 0 Å². The van der Waals surface area contributed by atoms with Gasteiger partial charge in [-0.2, -0.15) is 0 Å². The SMILES string of the molecule is Cc1cccc(Nc2nnc(SCC(=O)N3CCCC[C@@H]3C(N)=O)s2)c1. The third-order valence-electron chi connectivity index (χ3n) is 4.15. The highest BCUT2D eigenvalue weighted by molar-refractivity contribution is 8.01. The van der Waals surface area contributed by atoms with Crippen LogP contribution in [-0.4, -0.2) is 45.3 Å². The smallest absolute Gasteiger partial charge is 0.240 e. The number of amides is 2. The van der Waals surface area contributed by atoms with Crippen LogP contribution in [0.25, 0.3) is 0 Å². The van der Waals surface area contributed by atoms with E-state index in [0.717, 1.165) is 24.1 Å². The van der Waals surface area contributed by atoms with Gasteiger partial charge >= 0.3 is 0 Å². The molecule has 1 fully saturated rings. The Kier molecular flexibility index (Phi) is 6.10. The Bertz CT molecular complexity index is 795. The fourth-order valence-electron chi connectivity index (χ4n) is 2.90. The predicted octanol–water partition coefficient (Wildman–Crippen LogP) is 2.55. The van der Waals surface area contributed by atoms with E-state index in [0.29, 0.717) is 22.4 Å². The lowest BCUT2D eigenvalue weighted by molar-refractivity contribution is -0.138. The molecule has 0 unspecified atom stereocenters. The van der Waals surface area contributed by atoms with Gasteiger partial charge in [0.15, 0.2) is 4.34 Å². The topological polar surface area (TPSA) is 101 Å². The number of thioether (sulfide) groups is 1. The van der Waals surface area contributed by atoms with Crippen LogP contribution in [0.3, 0.4) is 0 Å². The van der Waals surface area contributed by atoms with E-state index in [1.165, 1.54) is 23.1 Å². The number of anilines is 2. The first-order valence-corrected chi connectivity index (χ1v) is 10.2. The van der Waals surface area contributed by atoms with Gasteiger partial charge < -0.3 is 16.0 Å². The van der Waals surface area contributed by atoms with Crippen LogP contribution in [0, 0.1) is 6.92 Å². The molecule has 1 aromatic carbocycles. The molecule has 1 atom stereocenters. The largest absolute Gasteiger partial charge is 0.368 e. The highest BCUT2D eigenvalue weighted by Crippen LogP contribution is 2.28. The van der Waals surface area contributed by atoms with Crippen molar-refractivity contribution in [1.82, 2.24) is 15.1 Å². The Morgan fingerprint density at radius 2 is 2.23 bits per heavy atom. The minimum absolute atomic E-state index is 0.0816. The first kappa shape index (κ1) is 18.7. The van der Waals surface area contributed by atoms with Crippen molar-refractivity contribution < 1.29 is 9.59 Å². The Labute approximate surface area is 160 Å². The van der Waals surface area contributed by atoms with Gasteiger partial charge in [0, 0.05) is 12.2 Å². The first-order valence-electron chi connectivity index (χ1n) is 8.42. The Morgan fingerprint density at radius 1 is 1.38 bits per heavy atom. The fraction of sp³-hybridized carbons (Fsp3) is 0.412. The van der Waals surface area contributed by atoms with Gasteiger partial charge in [-0.05, 0) is 43.9 Å². The summed E-state index contributed by atoms with van der Waals surface area (Å²) >= 11 is 2.73. The molecule has 0 spiro atoms. The molecule has 2 heterocycles. The summed E-state index contributed by atoms with van der Waals surface area (Å²) in [6.45, 7) is 2.61. The van der Waals surface area contributed by atoms with Gasteiger partial charge in [0.2, 0.25) is 16.9 Å². The zero-order chi connectivity index (χ0) is 18.5. The molecule has 138 valence electrons.